The number of nitrogens with zero attached hydrogens (tertiary/aromatic N) is 4. The third-order valence-corrected chi connectivity index (χ3v) is 10.2. The first kappa shape index (κ1) is 36.0. The second-order valence-corrected chi connectivity index (χ2v) is 15.1. The molecule has 1 aliphatic rings. The van der Waals surface area contributed by atoms with Gasteiger partial charge in [-0.05, 0) is 101 Å². The minimum atomic E-state index is -4.65. The maximum absolute atomic E-state index is 15.1. The zero-order chi connectivity index (χ0) is 35.3. The number of methoxy groups -OCH3 is 1. The molecule has 0 radical (unpaired) electrons. The Kier molecular flexibility index (Phi) is 11.0. The minimum absolute atomic E-state index is 0.0824. The molecule has 49 heavy (non-hydrogen) atoms. The smallest absolute Gasteiger partial charge is 0.430 e. The Morgan fingerprint density at radius 1 is 1.02 bits per heavy atom. The van der Waals surface area contributed by atoms with Gasteiger partial charge in [0.15, 0.2) is 5.82 Å². The van der Waals surface area contributed by atoms with Crippen LogP contribution >= 0.6 is 11.3 Å². The van der Waals surface area contributed by atoms with Crippen LogP contribution in [0, 0.1) is 18.6 Å². The van der Waals surface area contributed by atoms with E-state index in [4.69, 9.17) is 9.47 Å². The number of halogens is 2. The van der Waals surface area contributed by atoms with Gasteiger partial charge >= 0.3 is 6.09 Å². The van der Waals surface area contributed by atoms with Crippen LogP contribution in [0.1, 0.15) is 55.9 Å². The van der Waals surface area contributed by atoms with E-state index in [0.717, 1.165) is 60.5 Å². The van der Waals surface area contributed by atoms with Crippen LogP contribution in [0.2, 0.25) is 0 Å². The summed E-state index contributed by atoms with van der Waals surface area (Å²) in [7, 11) is -3.09. The fourth-order valence-corrected chi connectivity index (χ4v) is 7.38. The Balaban J connectivity index is 1.51. The number of aromatic nitrogens is 2. The van der Waals surface area contributed by atoms with Gasteiger partial charge in [0.05, 0.1) is 12.6 Å². The number of likely N-dealkylation sites (tertiary alicyclic amines) is 1. The van der Waals surface area contributed by atoms with E-state index in [1.54, 1.807) is 33.9 Å². The van der Waals surface area contributed by atoms with E-state index in [9.17, 15) is 17.6 Å². The molecule has 1 aliphatic heterocycles. The molecule has 0 atom stereocenters. The molecule has 0 unspecified atom stereocenters. The molecule has 2 aromatic carbocycles. The molecular weight excluding hydrogens is 675 g/mol. The summed E-state index contributed by atoms with van der Waals surface area (Å²) in [5.41, 5.74) is 2.55. The zero-order valence-corrected chi connectivity index (χ0v) is 29.7. The van der Waals surface area contributed by atoms with Crippen LogP contribution in [-0.2, 0) is 34.4 Å². The van der Waals surface area contributed by atoms with Crippen molar-refractivity contribution in [2.24, 2.45) is 0 Å². The van der Waals surface area contributed by atoms with Crippen LogP contribution in [0.25, 0.3) is 0 Å². The topological polar surface area (TPSA) is 126 Å². The molecule has 0 saturated carbocycles. The van der Waals surface area contributed by atoms with Crippen LogP contribution in [-0.4, -0.2) is 55.2 Å². The molecule has 11 nitrogen and oxygen atoms in total. The van der Waals surface area contributed by atoms with E-state index < -0.39 is 33.4 Å². The van der Waals surface area contributed by atoms with Gasteiger partial charge in [0.1, 0.15) is 39.5 Å². The third kappa shape index (κ3) is 8.64. The van der Waals surface area contributed by atoms with Crippen LogP contribution in [0.5, 0.6) is 5.75 Å². The van der Waals surface area contributed by atoms with E-state index >= 15 is 4.39 Å². The van der Waals surface area contributed by atoms with Crippen LogP contribution in [0.15, 0.2) is 58.3 Å². The summed E-state index contributed by atoms with van der Waals surface area (Å²) in [6.07, 6.45) is 0.872. The second-order valence-electron chi connectivity index (χ2n) is 12.6. The van der Waals surface area contributed by atoms with Gasteiger partial charge in [0, 0.05) is 36.1 Å². The lowest BCUT2D eigenvalue weighted by atomic mass is 10.1. The molecule has 1 fully saturated rings. The van der Waals surface area contributed by atoms with Crippen LogP contribution in [0.3, 0.4) is 0 Å². The first-order valence-electron chi connectivity index (χ1n) is 15.7. The zero-order valence-electron chi connectivity index (χ0n) is 28.0. The van der Waals surface area contributed by atoms with Gasteiger partial charge in [0.25, 0.3) is 10.0 Å². The second kappa shape index (κ2) is 15.0. The van der Waals surface area contributed by atoms with Gasteiger partial charge in [-0.3, -0.25) is 4.90 Å². The molecule has 0 spiro atoms. The summed E-state index contributed by atoms with van der Waals surface area (Å²) in [5.74, 6) is -0.417. The third-order valence-electron chi connectivity index (χ3n) is 7.90. The Hall–Kier alpha value is -4.34. The molecule has 1 saturated heterocycles. The number of hydrogen-bond donors (Lipinski definition) is 2. The summed E-state index contributed by atoms with van der Waals surface area (Å²) in [6.45, 7) is 8.72. The number of anilines is 3. The fourth-order valence-electron chi connectivity index (χ4n) is 5.42. The van der Waals surface area contributed by atoms with Crippen molar-refractivity contribution in [2.75, 3.05) is 35.1 Å². The van der Waals surface area contributed by atoms with Gasteiger partial charge in [-0.2, -0.15) is 0 Å². The molecule has 0 aliphatic carbocycles. The standard InChI is InChI=1S/C34H40F2N6O5S2/c1-22-16-24(46-5)9-8-23(22)17-38-32-29(49(44,45)42(31-20-48-21-39-31)33(43)47-34(2,3)4)12-13-30(40-32)37-18-25-26(19-41-14-6-7-15-41)28(36)11-10-27(25)35/h8-13,16,20-21H,6-7,14-15,17-19H2,1-5H3,(H2,37,38,40). The van der Waals surface area contributed by atoms with Crippen molar-refractivity contribution in [3.63, 3.8) is 0 Å². The number of carbonyl (C=O) groups is 1. The van der Waals surface area contributed by atoms with Crippen LogP contribution in [0.4, 0.5) is 31.0 Å². The summed E-state index contributed by atoms with van der Waals surface area (Å²) < 4.78 is 70.0. The van der Waals surface area contributed by atoms with Gasteiger partial charge in [-0.1, -0.05) is 6.07 Å². The predicted molar refractivity (Wildman–Crippen MR) is 186 cm³/mol. The average molecular weight is 715 g/mol. The number of benzene rings is 2. The number of aryl methyl sites for hydroxylation is 1. The number of rotatable bonds is 12. The molecule has 0 bridgehead atoms. The van der Waals surface area contributed by atoms with Gasteiger partial charge in [-0.25, -0.2) is 32.0 Å². The van der Waals surface area contributed by atoms with E-state index in [1.165, 1.54) is 23.0 Å². The highest BCUT2D eigenvalue weighted by molar-refractivity contribution is 7.93. The monoisotopic (exact) mass is 714 g/mol. The lowest BCUT2D eigenvalue weighted by molar-refractivity contribution is 0.0608. The molecule has 1 amide bonds. The van der Waals surface area contributed by atoms with Crippen molar-refractivity contribution in [1.29, 1.82) is 0 Å². The SMILES string of the molecule is COc1ccc(CNc2nc(NCc3c(F)ccc(F)c3CN3CCCC3)ccc2S(=O)(=O)N(C(=O)OC(C)(C)C)c2cscn2)c(C)c1. The van der Waals surface area contributed by atoms with Crippen molar-refractivity contribution in [3.8, 4) is 5.75 Å². The van der Waals surface area contributed by atoms with Crippen molar-refractivity contribution < 1.29 is 31.5 Å². The number of pyridine rings is 1. The highest BCUT2D eigenvalue weighted by Crippen LogP contribution is 2.32. The number of nitrogens with one attached hydrogen (secondary N) is 2. The number of hydrogen-bond acceptors (Lipinski definition) is 11. The van der Waals surface area contributed by atoms with Crippen LogP contribution < -0.4 is 19.7 Å². The van der Waals surface area contributed by atoms with Crippen molar-refractivity contribution in [3.05, 3.63) is 87.2 Å². The number of ether oxygens (including phenoxy) is 2. The van der Waals surface area contributed by atoms with E-state index in [0.29, 0.717) is 10.1 Å². The Labute approximate surface area is 289 Å². The lowest BCUT2D eigenvalue weighted by Crippen LogP contribution is -2.41. The highest BCUT2D eigenvalue weighted by Gasteiger charge is 2.38. The molecule has 3 heterocycles. The summed E-state index contributed by atoms with van der Waals surface area (Å²) in [6, 6.07) is 10.4. The summed E-state index contributed by atoms with van der Waals surface area (Å²) in [5, 5.41) is 7.58. The molecular formula is C34H40F2N6O5S2. The van der Waals surface area contributed by atoms with Gasteiger partial charge < -0.3 is 20.1 Å². The van der Waals surface area contributed by atoms with E-state index in [2.05, 4.69) is 25.5 Å². The molecule has 5 rings (SSSR count). The molecule has 2 aromatic heterocycles. The fraction of sp³-hybridized carbons (Fsp3) is 0.382. The molecule has 4 aromatic rings. The average Bonchev–Trinajstić information content (AvgIpc) is 3.76. The van der Waals surface area contributed by atoms with Gasteiger partial charge in [0.2, 0.25) is 0 Å². The number of sulfonamides is 1. The van der Waals surface area contributed by atoms with Crippen molar-refractivity contribution >= 4 is 44.9 Å². The van der Waals surface area contributed by atoms with E-state index in [-0.39, 0.29) is 53.1 Å². The predicted octanol–water partition coefficient (Wildman–Crippen LogP) is 7.08. The van der Waals surface area contributed by atoms with Crippen molar-refractivity contribution in [1.82, 2.24) is 14.9 Å². The largest absolute Gasteiger partial charge is 0.497 e. The minimum Gasteiger partial charge on any atom is -0.497 e. The normalized spacial score (nSPS) is 13.7. The van der Waals surface area contributed by atoms with Crippen molar-refractivity contribution in [2.45, 2.75) is 70.7 Å². The highest BCUT2D eigenvalue weighted by atomic mass is 32.2. The molecule has 262 valence electrons. The lowest BCUT2D eigenvalue weighted by Gasteiger charge is -2.26. The Bertz CT molecular complexity index is 1900. The maximum atomic E-state index is 15.1. The quantitative estimate of drug-likeness (QED) is 0.157. The Morgan fingerprint density at radius 2 is 1.73 bits per heavy atom. The van der Waals surface area contributed by atoms with Gasteiger partial charge in [-0.15, -0.1) is 15.6 Å². The first-order valence-corrected chi connectivity index (χ1v) is 18.1. The van der Waals surface area contributed by atoms with E-state index in [1.807, 2.05) is 19.1 Å². The number of carbonyl (C=O) groups excluding carboxylic acids is 1. The number of amides is 1. The summed E-state index contributed by atoms with van der Waals surface area (Å²) in [4.78, 5) is 23.8. The first-order chi connectivity index (χ1) is 23.3. The Morgan fingerprint density at radius 3 is 2.37 bits per heavy atom. The molecule has 2 N–H and O–H groups in total. The molecule has 15 heteroatoms. The number of thiazole rings is 1. The summed E-state index contributed by atoms with van der Waals surface area (Å²) >= 11 is 1.11. The maximum Gasteiger partial charge on any atom is 0.430 e.